The average Bonchev–Trinajstić information content (AvgIpc) is 2.86. The number of aromatic nitrogens is 3. The fourth-order valence-electron chi connectivity index (χ4n) is 1.63. The number of hydrogen-bond acceptors (Lipinski definition) is 4. The Balaban J connectivity index is 2.31. The largest absolute Gasteiger partial charge is 0.368 e. The number of benzene rings is 1. The van der Waals surface area contributed by atoms with Crippen LogP contribution in [0.1, 0.15) is 0 Å². The molecule has 0 fully saturated rings. The van der Waals surface area contributed by atoms with E-state index in [1.807, 2.05) is 18.2 Å². The molecule has 0 saturated heterocycles. The number of nitrogen functional groups attached to an aromatic ring is 1. The minimum absolute atomic E-state index is 0.272. The molecule has 0 bridgehead atoms. The third kappa shape index (κ3) is 1.25. The van der Waals surface area contributed by atoms with E-state index in [0.29, 0.717) is 10.8 Å². The Bertz CT molecular complexity index is 658. The van der Waals surface area contributed by atoms with Crippen molar-refractivity contribution in [1.82, 2.24) is 15.4 Å². The summed E-state index contributed by atoms with van der Waals surface area (Å²) in [5.41, 5.74) is 7.71. The molecule has 0 aliphatic heterocycles. The standard InChI is InChI=1S/C10H7ClN4O/c11-10-6-3-1-2-5(9(6)13-14-10)7-4-8(12)16-15-7/h1-4H,12H2,(H,13,14). The molecule has 0 spiro atoms. The normalized spacial score (nSPS) is 11.1. The molecule has 3 N–H and O–H groups in total. The molecule has 1 aromatic carbocycles. The van der Waals surface area contributed by atoms with Crippen molar-refractivity contribution in [3.63, 3.8) is 0 Å². The summed E-state index contributed by atoms with van der Waals surface area (Å²) < 4.78 is 4.83. The maximum absolute atomic E-state index is 5.95. The van der Waals surface area contributed by atoms with Gasteiger partial charge in [-0.25, -0.2) is 0 Å². The number of fused-ring (bicyclic) bond motifs is 1. The Labute approximate surface area is 95.2 Å². The summed E-state index contributed by atoms with van der Waals surface area (Å²) in [6.45, 7) is 0. The third-order valence-corrected chi connectivity index (χ3v) is 2.63. The van der Waals surface area contributed by atoms with E-state index < -0.39 is 0 Å². The van der Waals surface area contributed by atoms with E-state index in [2.05, 4.69) is 15.4 Å². The first kappa shape index (κ1) is 9.23. The number of nitrogens with zero attached hydrogens (tertiary/aromatic N) is 2. The molecule has 0 aliphatic carbocycles. The van der Waals surface area contributed by atoms with Crippen LogP contribution in [-0.2, 0) is 0 Å². The van der Waals surface area contributed by atoms with Crippen molar-refractivity contribution in [2.24, 2.45) is 0 Å². The molecule has 3 aromatic rings. The number of rotatable bonds is 1. The summed E-state index contributed by atoms with van der Waals surface area (Å²) in [5.74, 6) is 0.272. The fraction of sp³-hybridized carbons (Fsp3) is 0. The molecule has 80 valence electrons. The van der Waals surface area contributed by atoms with Crippen LogP contribution in [0.15, 0.2) is 28.8 Å². The maximum atomic E-state index is 5.95. The number of nitrogens with one attached hydrogen (secondary N) is 1. The van der Waals surface area contributed by atoms with E-state index in [-0.39, 0.29) is 5.88 Å². The molecule has 3 rings (SSSR count). The first-order chi connectivity index (χ1) is 7.75. The summed E-state index contributed by atoms with van der Waals surface area (Å²) in [6.07, 6.45) is 0. The monoisotopic (exact) mass is 234 g/mol. The van der Waals surface area contributed by atoms with Crippen molar-refractivity contribution in [2.45, 2.75) is 0 Å². The molecule has 6 heteroatoms. The molecule has 0 amide bonds. The minimum Gasteiger partial charge on any atom is -0.368 e. The first-order valence-corrected chi connectivity index (χ1v) is 4.98. The van der Waals surface area contributed by atoms with Gasteiger partial charge in [-0.05, 0) is 6.07 Å². The molecule has 2 aromatic heterocycles. The zero-order valence-corrected chi connectivity index (χ0v) is 8.82. The summed E-state index contributed by atoms with van der Waals surface area (Å²) in [7, 11) is 0. The van der Waals surface area contributed by atoms with Gasteiger partial charge in [-0.1, -0.05) is 28.9 Å². The van der Waals surface area contributed by atoms with Crippen LogP contribution in [0.3, 0.4) is 0 Å². The van der Waals surface area contributed by atoms with Gasteiger partial charge in [0.2, 0.25) is 5.88 Å². The number of anilines is 1. The Kier molecular flexibility index (Phi) is 1.87. The van der Waals surface area contributed by atoms with Gasteiger partial charge in [0.25, 0.3) is 0 Å². The number of H-pyrrole nitrogens is 1. The fourth-order valence-corrected chi connectivity index (χ4v) is 1.82. The van der Waals surface area contributed by atoms with Crippen LogP contribution in [-0.4, -0.2) is 15.4 Å². The van der Waals surface area contributed by atoms with Gasteiger partial charge in [0.15, 0.2) is 0 Å². The SMILES string of the molecule is Nc1cc(-c2cccc3c(Cl)[nH]nc23)no1. The van der Waals surface area contributed by atoms with E-state index in [4.69, 9.17) is 21.9 Å². The highest BCUT2D eigenvalue weighted by molar-refractivity contribution is 6.34. The first-order valence-electron chi connectivity index (χ1n) is 4.61. The minimum atomic E-state index is 0.272. The number of hydrogen-bond donors (Lipinski definition) is 2. The Hall–Kier alpha value is -2.01. The molecule has 0 radical (unpaired) electrons. The zero-order valence-electron chi connectivity index (χ0n) is 8.07. The second-order valence-corrected chi connectivity index (χ2v) is 3.73. The van der Waals surface area contributed by atoms with Gasteiger partial charge in [0.05, 0.1) is 0 Å². The lowest BCUT2D eigenvalue weighted by molar-refractivity contribution is 0.439. The lowest BCUT2D eigenvalue weighted by Gasteiger charge is -1.95. The van der Waals surface area contributed by atoms with Crippen LogP contribution in [0.5, 0.6) is 0 Å². The van der Waals surface area contributed by atoms with Gasteiger partial charge in [0.1, 0.15) is 16.4 Å². The van der Waals surface area contributed by atoms with Gasteiger partial charge >= 0.3 is 0 Å². The van der Waals surface area contributed by atoms with Gasteiger partial charge in [-0.3, -0.25) is 5.10 Å². The Morgan fingerprint density at radius 1 is 1.38 bits per heavy atom. The average molecular weight is 235 g/mol. The Morgan fingerprint density at radius 3 is 3.00 bits per heavy atom. The third-order valence-electron chi connectivity index (χ3n) is 2.34. The van der Waals surface area contributed by atoms with Crippen LogP contribution in [0.2, 0.25) is 5.15 Å². The summed E-state index contributed by atoms with van der Waals surface area (Å²) >= 11 is 5.95. The highest BCUT2D eigenvalue weighted by Gasteiger charge is 2.12. The lowest BCUT2D eigenvalue weighted by Crippen LogP contribution is -1.80. The number of para-hydroxylation sites is 1. The van der Waals surface area contributed by atoms with E-state index in [0.717, 1.165) is 16.5 Å². The van der Waals surface area contributed by atoms with Crippen molar-refractivity contribution in [2.75, 3.05) is 5.73 Å². The second-order valence-electron chi connectivity index (χ2n) is 3.35. The number of halogens is 1. The highest BCUT2D eigenvalue weighted by Crippen LogP contribution is 2.30. The topological polar surface area (TPSA) is 80.7 Å². The molecule has 0 atom stereocenters. The van der Waals surface area contributed by atoms with Gasteiger partial charge in [-0.15, -0.1) is 0 Å². The Morgan fingerprint density at radius 2 is 2.25 bits per heavy atom. The van der Waals surface area contributed by atoms with Crippen LogP contribution in [0.25, 0.3) is 22.2 Å². The second kappa shape index (κ2) is 3.24. The van der Waals surface area contributed by atoms with Crippen molar-refractivity contribution >= 4 is 28.4 Å². The van der Waals surface area contributed by atoms with Crippen molar-refractivity contribution in [3.05, 3.63) is 29.4 Å². The van der Waals surface area contributed by atoms with Crippen LogP contribution < -0.4 is 5.73 Å². The smallest absolute Gasteiger partial charge is 0.222 e. The summed E-state index contributed by atoms with van der Waals surface area (Å²) in [5, 5.41) is 12.0. The predicted molar refractivity (Wildman–Crippen MR) is 61.0 cm³/mol. The predicted octanol–water partition coefficient (Wildman–Crippen LogP) is 2.45. The number of nitrogens with two attached hydrogens (primary N) is 1. The van der Waals surface area contributed by atoms with Crippen molar-refractivity contribution in [1.29, 1.82) is 0 Å². The van der Waals surface area contributed by atoms with Crippen LogP contribution >= 0.6 is 11.6 Å². The highest BCUT2D eigenvalue weighted by atomic mass is 35.5. The number of aromatic amines is 1. The molecular weight excluding hydrogens is 228 g/mol. The lowest BCUT2D eigenvalue weighted by atomic mass is 10.1. The van der Waals surface area contributed by atoms with Crippen molar-refractivity contribution in [3.8, 4) is 11.3 Å². The summed E-state index contributed by atoms with van der Waals surface area (Å²) in [6, 6.07) is 7.30. The van der Waals surface area contributed by atoms with Gasteiger partial charge in [0, 0.05) is 17.0 Å². The molecule has 5 nitrogen and oxygen atoms in total. The van der Waals surface area contributed by atoms with E-state index >= 15 is 0 Å². The molecule has 2 heterocycles. The molecule has 16 heavy (non-hydrogen) atoms. The quantitative estimate of drug-likeness (QED) is 0.678. The van der Waals surface area contributed by atoms with E-state index in [1.54, 1.807) is 6.07 Å². The van der Waals surface area contributed by atoms with Gasteiger partial charge in [-0.2, -0.15) is 5.10 Å². The maximum Gasteiger partial charge on any atom is 0.222 e. The molecule has 0 unspecified atom stereocenters. The van der Waals surface area contributed by atoms with Crippen molar-refractivity contribution < 1.29 is 4.52 Å². The summed E-state index contributed by atoms with van der Waals surface area (Å²) in [4.78, 5) is 0. The van der Waals surface area contributed by atoms with E-state index in [1.165, 1.54) is 0 Å². The van der Waals surface area contributed by atoms with Gasteiger partial charge < -0.3 is 10.3 Å². The molecule has 0 aliphatic rings. The molecular formula is C10H7ClN4O. The van der Waals surface area contributed by atoms with Crippen LogP contribution in [0.4, 0.5) is 5.88 Å². The van der Waals surface area contributed by atoms with Crippen LogP contribution in [0, 0.1) is 0 Å². The zero-order chi connectivity index (χ0) is 11.1. The van der Waals surface area contributed by atoms with E-state index in [9.17, 15) is 0 Å². The molecule has 0 saturated carbocycles.